The second-order valence-corrected chi connectivity index (χ2v) is 28.3. The smallest absolute Gasteiger partial charge is 0.266 e. The molecule has 0 aromatic heterocycles. The van der Waals surface area contributed by atoms with Crippen LogP contribution in [0.2, 0.25) is 0 Å². The average Bonchev–Trinajstić information content (AvgIpc) is 3.13. The Morgan fingerprint density at radius 1 is 0.176 bits per heavy atom. The first-order chi connectivity index (χ1) is 30.7. The van der Waals surface area contributed by atoms with Gasteiger partial charge in [0, 0.05) is 65.4 Å². The van der Waals surface area contributed by atoms with Gasteiger partial charge in [0.2, 0.25) is 0 Å². The van der Waals surface area contributed by atoms with Crippen molar-refractivity contribution < 1.29 is 104 Å². The van der Waals surface area contributed by atoms with Crippen molar-refractivity contribution in [2.45, 2.75) is 25.7 Å². The van der Waals surface area contributed by atoms with E-state index < -0.39 is 127 Å². The molecular formula is C30H68N6O24S8. The maximum atomic E-state index is 11.5. The number of rotatable bonds is 43. The predicted octanol–water partition coefficient (Wildman–Crippen LogP) is -4.54. The molecule has 0 saturated heterocycles. The summed E-state index contributed by atoms with van der Waals surface area (Å²) < 4.78 is 258. The van der Waals surface area contributed by atoms with Crippen molar-refractivity contribution in [2.75, 3.05) is 164 Å². The Kier molecular flexibility index (Phi) is 30.5. The molecule has 0 aromatic carbocycles. The van der Waals surface area contributed by atoms with E-state index in [1.807, 2.05) is 9.80 Å². The first-order valence-corrected chi connectivity index (χ1v) is 33.5. The molecular weight excluding hydrogens is 1080 g/mol. The van der Waals surface area contributed by atoms with E-state index in [4.69, 9.17) is 0 Å². The molecule has 0 spiro atoms. The van der Waals surface area contributed by atoms with E-state index in [-0.39, 0.29) is 143 Å². The molecule has 0 atom stereocenters. The van der Waals surface area contributed by atoms with Gasteiger partial charge in [0.25, 0.3) is 80.9 Å². The zero-order valence-electron chi connectivity index (χ0n) is 37.3. The maximum absolute atomic E-state index is 11.5. The van der Waals surface area contributed by atoms with Crippen LogP contribution in [0.5, 0.6) is 0 Å². The highest BCUT2D eigenvalue weighted by Crippen LogP contribution is 2.07. The minimum atomic E-state index is -4.49. The van der Waals surface area contributed by atoms with Gasteiger partial charge >= 0.3 is 0 Å². The van der Waals surface area contributed by atoms with Crippen LogP contribution in [0.4, 0.5) is 0 Å². The zero-order chi connectivity index (χ0) is 52.7. The van der Waals surface area contributed by atoms with Crippen LogP contribution in [-0.2, 0) is 80.9 Å². The fraction of sp³-hybridized carbons (Fsp3) is 1.00. The van der Waals surface area contributed by atoms with Gasteiger partial charge in [0.1, 0.15) is 0 Å². The van der Waals surface area contributed by atoms with Gasteiger partial charge in [0.15, 0.2) is 0 Å². The SMILES string of the molecule is O=S(=O)(O)CCN(CCCN(CCCN(CCS(=O)(=O)O)CCS(=O)(=O)O)CCN(CCCN(CCS(=O)(=O)O)CCS(=O)(=O)O)CCCN(CCS(=O)(=O)O)CCS(=O)(=O)O)CCS(=O)(=O)O. The zero-order valence-corrected chi connectivity index (χ0v) is 43.8. The highest BCUT2D eigenvalue weighted by Gasteiger charge is 2.20. The van der Waals surface area contributed by atoms with E-state index in [1.54, 1.807) is 0 Å². The van der Waals surface area contributed by atoms with Crippen molar-refractivity contribution in [3.8, 4) is 0 Å². The van der Waals surface area contributed by atoms with Crippen LogP contribution in [0.3, 0.4) is 0 Å². The summed E-state index contributed by atoms with van der Waals surface area (Å²) >= 11 is 0. The third kappa shape index (κ3) is 46.1. The van der Waals surface area contributed by atoms with Gasteiger partial charge in [-0.1, -0.05) is 0 Å². The molecule has 0 aliphatic rings. The van der Waals surface area contributed by atoms with Gasteiger partial charge in [-0.3, -0.25) is 36.4 Å². The third-order valence-corrected chi connectivity index (χ3v) is 15.4. The monoisotopic (exact) mass is 1150 g/mol. The molecule has 0 saturated carbocycles. The summed E-state index contributed by atoms with van der Waals surface area (Å²) in [6.45, 7) is -1.31. The van der Waals surface area contributed by atoms with E-state index in [0.717, 1.165) is 0 Å². The van der Waals surface area contributed by atoms with Gasteiger partial charge < -0.3 is 29.4 Å². The largest absolute Gasteiger partial charge is 0.302 e. The fourth-order valence-electron chi connectivity index (χ4n) is 6.32. The molecule has 0 aliphatic heterocycles. The minimum absolute atomic E-state index is 0.0337. The molecule has 68 heavy (non-hydrogen) atoms. The van der Waals surface area contributed by atoms with Crippen molar-refractivity contribution in [3.05, 3.63) is 0 Å². The van der Waals surface area contributed by atoms with Gasteiger partial charge in [-0.25, -0.2) is 0 Å². The first kappa shape index (κ1) is 67.0. The van der Waals surface area contributed by atoms with Crippen molar-refractivity contribution >= 4 is 80.9 Å². The molecule has 30 nitrogen and oxygen atoms in total. The summed E-state index contributed by atoms with van der Waals surface area (Å²) in [7, 11) is -35.9. The lowest BCUT2D eigenvalue weighted by molar-refractivity contribution is 0.171. The van der Waals surface area contributed by atoms with Crippen LogP contribution in [0, 0.1) is 0 Å². The molecule has 0 heterocycles. The van der Waals surface area contributed by atoms with Crippen LogP contribution in [0.15, 0.2) is 0 Å². The van der Waals surface area contributed by atoms with E-state index in [2.05, 4.69) is 0 Å². The standard InChI is InChI=1S/C30H68N6O24S8/c37-61(38,39)23-15-33(16-24-62(40,41)42)9-1-5-31(6-2-10-34(17-25-63(43,44)45)18-26-64(46,47)48)13-14-32(7-3-11-35(19-27-65(49,50)51)20-28-66(52,53)54)8-4-12-36(21-29-67(55,56)57)22-30-68(58,59)60/h1-30H2,(H,37,38,39)(H,40,41,42)(H,43,44,45)(H,46,47,48)(H,49,50,51)(H,52,53,54)(H,55,56,57)(H,58,59,60). The van der Waals surface area contributed by atoms with Crippen molar-refractivity contribution in [2.24, 2.45) is 0 Å². The third-order valence-electron chi connectivity index (χ3n) is 9.85. The number of hydrogen-bond acceptors (Lipinski definition) is 22. The normalized spacial score (nSPS) is 14.1. The first-order valence-electron chi connectivity index (χ1n) is 20.6. The maximum Gasteiger partial charge on any atom is 0.266 e. The van der Waals surface area contributed by atoms with Crippen LogP contribution >= 0.6 is 0 Å². The molecule has 0 aliphatic carbocycles. The highest BCUT2D eigenvalue weighted by atomic mass is 32.2. The van der Waals surface area contributed by atoms with Crippen molar-refractivity contribution in [1.82, 2.24) is 29.4 Å². The summed E-state index contributed by atoms with van der Waals surface area (Å²) in [4.78, 5) is 9.17. The quantitative estimate of drug-likeness (QED) is 0.0267. The highest BCUT2D eigenvalue weighted by molar-refractivity contribution is 7.87. The Labute approximate surface area is 401 Å². The predicted molar refractivity (Wildman–Crippen MR) is 248 cm³/mol. The Morgan fingerprint density at radius 2 is 0.279 bits per heavy atom. The average molecular weight is 1150 g/mol. The van der Waals surface area contributed by atoms with Gasteiger partial charge in [-0.2, -0.15) is 67.3 Å². The van der Waals surface area contributed by atoms with Gasteiger partial charge in [-0.15, -0.1) is 0 Å². The van der Waals surface area contributed by atoms with Gasteiger partial charge in [-0.05, 0) is 78.0 Å². The van der Waals surface area contributed by atoms with Crippen LogP contribution in [-0.4, -0.2) is 297 Å². The second kappa shape index (κ2) is 30.9. The Balaban J connectivity index is 6.64. The van der Waals surface area contributed by atoms with Crippen LogP contribution in [0.25, 0.3) is 0 Å². The lowest BCUT2D eigenvalue weighted by atomic mass is 10.2. The molecule has 410 valence electrons. The number of hydrogen-bond donors (Lipinski definition) is 8. The molecule has 0 rings (SSSR count). The Bertz CT molecular complexity index is 1920. The molecule has 0 aromatic rings. The van der Waals surface area contributed by atoms with E-state index in [0.29, 0.717) is 0 Å². The molecule has 0 amide bonds. The van der Waals surface area contributed by atoms with Crippen molar-refractivity contribution in [1.29, 1.82) is 0 Å². The summed E-state index contributed by atoms with van der Waals surface area (Å²) in [5.41, 5.74) is 0. The molecule has 8 N–H and O–H groups in total. The minimum Gasteiger partial charge on any atom is -0.302 e. The van der Waals surface area contributed by atoms with Crippen LogP contribution < -0.4 is 0 Å². The Morgan fingerprint density at radius 3 is 0.382 bits per heavy atom. The van der Waals surface area contributed by atoms with E-state index >= 15 is 0 Å². The second-order valence-electron chi connectivity index (χ2n) is 15.8. The summed E-state index contributed by atoms with van der Waals surface area (Å²) in [5.74, 6) is -6.17. The molecule has 0 bridgehead atoms. The van der Waals surface area contributed by atoms with E-state index in [9.17, 15) is 104 Å². The van der Waals surface area contributed by atoms with Crippen molar-refractivity contribution in [3.63, 3.8) is 0 Å². The molecule has 0 unspecified atom stereocenters. The summed E-state index contributed by atoms with van der Waals surface area (Å²) in [6.07, 6.45) is 0.830. The molecule has 0 fully saturated rings. The topological polar surface area (TPSA) is 454 Å². The lowest BCUT2D eigenvalue weighted by Gasteiger charge is -2.31. The molecule has 0 radical (unpaired) electrons. The van der Waals surface area contributed by atoms with Gasteiger partial charge in [0.05, 0.1) is 46.0 Å². The number of nitrogens with zero attached hydrogens (tertiary/aromatic N) is 6. The van der Waals surface area contributed by atoms with E-state index in [1.165, 1.54) is 19.6 Å². The molecule has 38 heteroatoms. The Hall–Kier alpha value is -0.960. The van der Waals surface area contributed by atoms with Crippen LogP contribution in [0.1, 0.15) is 25.7 Å². The fourth-order valence-corrected chi connectivity index (χ4v) is 10.2. The summed E-state index contributed by atoms with van der Waals surface area (Å²) in [5, 5.41) is 0. The summed E-state index contributed by atoms with van der Waals surface area (Å²) in [6, 6.07) is 0. The lowest BCUT2D eigenvalue weighted by Crippen LogP contribution is -2.42.